The third-order valence-corrected chi connectivity index (χ3v) is 3.34. The minimum Gasteiger partial charge on any atom is -0.381 e. The number of hydrogen-bond acceptors (Lipinski definition) is 2. The molecule has 0 atom stereocenters. The van der Waals surface area contributed by atoms with Crippen LogP contribution in [0.15, 0.2) is 0 Å². The molecule has 0 radical (unpaired) electrons. The highest BCUT2D eigenvalue weighted by Gasteiger charge is 2.26. The van der Waals surface area contributed by atoms with Crippen LogP contribution in [0.5, 0.6) is 0 Å². The Bertz CT molecular complexity index is 210. The lowest BCUT2D eigenvalue weighted by atomic mass is 10.1. The fourth-order valence-electron chi connectivity index (χ4n) is 1.79. The lowest BCUT2D eigenvalue weighted by Crippen LogP contribution is -2.46. The number of piperidine rings is 1. The van der Waals surface area contributed by atoms with Crippen LogP contribution in [-0.4, -0.2) is 42.4 Å². The van der Waals surface area contributed by atoms with Crippen LogP contribution in [0, 0.1) is 0 Å². The number of likely N-dealkylation sites (tertiary alicyclic amines) is 1. The summed E-state index contributed by atoms with van der Waals surface area (Å²) in [5.41, 5.74) is 0. The van der Waals surface area contributed by atoms with Crippen LogP contribution in [0.1, 0.15) is 25.7 Å². The summed E-state index contributed by atoms with van der Waals surface area (Å²) < 4.78 is 5.32. The summed E-state index contributed by atoms with van der Waals surface area (Å²) in [5.74, 6) is 0. The Labute approximate surface area is 90.8 Å². The van der Waals surface area contributed by atoms with E-state index < -0.39 is 0 Å². The van der Waals surface area contributed by atoms with Crippen molar-refractivity contribution in [1.82, 2.24) is 10.2 Å². The maximum absolute atomic E-state index is 5.34. The normalized spacial score (nSPS) is 23.6. The SMILES string of the molecule is COC1CCN(C(=S)NC2CC2)CC1. The summed E-state index contributed by atoms with van der Waals surface area (Å²) in [6.45, 7) is 2.08. The summed E-state index contributed by atoms with van der Waals surface area (Å²) in [7, 11) is 1.79. The Hall–Kier alpha value is -0.350. The topological polar surface area (TPSA) is 24.5 Å². The van der Waals surface area contributed by atoms with Crippen LogP contribution >= 0.6 is 12.2 Å². The molecule has 1 saturated heterocycles. The van der Waals surface area contributed by atoms with Crippen molar-refractivity contribution in [3.63, 3.8) is 0 Å². The van der Waals surface area contributed by atoms with Crippen molar-refractivity contribution >= 4 is 17.3 Å². The van der Waals surface area contributed by atoms with E-state index in [2.05, 4.69) is 10.2 Å². The zero-order valence-electron chi connectivity index (χ0n) is 8.66. The molecule has 0 unspecified atom stereocenters. The first kappa shape index (κ1) is 10.2. The quantitative estimate of drug-likeness (QED) is 0.697. The van der Waals surface area contributed by atoms with Gasteiger partial charge in [0.05, 0.1) is 6.10 Å². The summed E-state index contributed by atoms with van der Waals surface area (Å²) in [4.78, 5) is 2.27. The van der Waals surface area contributed by atoms with Gasteiger partial charge in [0.2, 0.25) is 0 Å². The summed E-state index contributed by atoms with van der Waals surface area (Å²) in [6.07, 6.45) is 5.21. The Balaban J connectivity index is 1.73. The molecule has 1 saturated carbocycles. The van der Waals surface area contributed by atoms with E-state index in [1.54, 1.807) is 7.11 Å². The smallest absolute Gasteiger partial charge is 0.169 e. The van der Waals surface area contributed by atoms with Crippen molar-refractivity contribution in [2.75, 3.05) is 20.2 Å². The predicted molar refractivity (Wildman–Crippen MR) is 60.4 cm³/mol. The highest BCUT2D eigenvalue weighted by atomic mass is 32.1. The maximum Gasteiger partial charge on any atom is 0.169 e. The molecule has 2 rings (SSSR count). The van der Waals surface area contributed by atoms with Gasteiger partial charge in [0.15, 0.2) is 5.11 Å². The lowest BCUT2D eigenvalue weighted by molar-refractivity contribution is 0.0577. The minimum absolute atomic E-state index is 0.440. The summed E-state index contributed by atoms with van der Waals surface area (Å²) in [5, 5.41) is 4.32. The Morgan fingerprint density at radius 2 is 1.93 bits per heavy atom. The third kappa shape index (κ3) is 2.58. The fourth-order valence-corrected chi connectivity index (χ4v) is 2.14. The highest BCUT2D eigenvalue weighted by molar-refractivity contribution is 7.80. The zero-order chi connectivity index (χ0) is 9.97. The van der Waals surface area contributed by atoms with Crippen molar-refractivity contribution < 1.29 is 4.74 Å². The molecule has 80 valence electrons. The second-order valence-corrected chi connectivity index (χ2v) is 4.53. The molecule has 0 aromatic carbocycles. The van der Waals surface area contributed by atoms with Crippen LogP contribution in [-0.2, 0) is 4.74 Å². The first-order chi connectivity index (χ1) is 6.79. The van der Waals surface area contributed by atoms with Gasteiger partial charge in [0.1, 0.15) is 0 Å². The lowest BCUT2D eigenvalue weighted by Gasteiger charge is -2.33. The van der Waals surface area contributed by atoms with Crippen LogP contribution in [0.25, 0.3) is 0 Å². The minimum atomic E-state index is 0.440. The fraction of sp³-hybridized carbons (Fsp3) is 0.900. The van der Waals surface area contributed by atoms with E-state index in [0.717, 1.165) is 31.0 Å². The molecule has 3 nitrogen and oxygen atoms in total. The molecular formula is C10H18N2OS. The van der Waals surface area contributed by atoms with Gasteiger partial charge >= 0.3 is 0 Å². The number of thiocarbonyl (C=S) groups is 1. The first-order valence-electron chi connectivity index (χ1n) is 5.38. The number of hydrogen-bond donors (Lipinski definition) is 1. The second kappa shape index (κ2) is 4.45. The maximum atomic E-state index is 5.34. The molecule has 1 aliphatic carbocycles. The van der Waals surface area contributed by atoms with Gasteiger partial charge in [-0.15, -0.1) is 0 Å². The number of nitrogens with one attached hydrogen (secondary N) is 1. The van der Waals surface area contributed by atoms with Gasteiger partial charge in [-0.2, -0.15) is 0 Å². The molecule has 14 heavy (non-hydrogen) atoms. The average molecular weight is 214 g/mol. The standard InChI is InChI=1S/C10H18N2OS/c1-13-9-4-6-12(7-5-9)10(14)11-8-2-3-8/h8-9H,2-7H2,1H3,(H,11,14). The van der Waals surface area contributed by atoms with Gasteiger partial charge in [-0.25, -0.2) is 0 Å². The van der Waals surface area contributed by atoms with Gasteiger partial charge in [0, 0.05) is 26.2 Å². The zero-order valence-corrected chi connectivity index (χ0v) is 9.48. The van der Waals surface area contributed by atoms with E-state index >= 15 is 0 Å². The van der Waals surface area contributed by atoms with Crippen molar-refractivity contribution in [1.29, 1.82) is 0 Å². The summed E-state index contributed by atoms with van der Waals surface area (Å²) in [6, 6.07) is 0.669. The largest absolute Gasteiger partial charge is 0.381 e. The number of nitrogens with zero attached hydrogens (tertiary/aromatic N) is 1. The van der Waals surface area contributed by atoms with Crippen LogP contribution in [0.3, 0.4) is 0 Å². The molecule has 2 aliphatic rings. The van der Waals surface area contributed by atoms with Gasteiger partial charge < -0.3 is 15.0 Å². The molecule has 1 aliphatic heterocycles. The monoisotopic (exact) mass is 214 g/mol. The summed E-state index contributed by atoms with van der Waals surface area (Å²) >= 11 is 5.34. The molecule has 1 heterocycles. The molecule has 0 spiro atoms. The van der Waals surface area contributed by atoms with Crippen LogP contribution in [0.4, 0.5) is 0 Å². The highest BCUT2D eigenvalue weighted by Crippen LogP contribution is 2.20. The van der Waals surface area contributed by atoms with E-state index in [4.69, 9.17) is 17.0 Å². The second-order valence-electron chi connectivity index (χ2n) is 4.15. The van der Waals surface area contributed by atoms with Gasteiger partial charge in [-0.3, -0.25) is 0 Å². The molecule has 1 N–H and O–H groups in total. The third-order valence-electron chi connectivity index (χ3n) is 2.97. The number of methoxy groups -OCH3 is 1. The van der Waals surface area contributed by atoms with Crippen molar-refractivity contribution in [2.24, 2.45) is 0 Å². The molecule has 0 amide bonds. The average Bonchev–Trinajstić information content (AvgIpc) is 3.02. The van der Waals surface area contributed by atoms with E-state index in [0.29, 0.717) is 12.1 Å². The number of ether oxygens (including phenoxy) is 1. The molecule has 4 heteroatoms. The molecule has 0 aromatic heterocycles. The van der Waals surface area contributed by atoms with E-state index in [-0.39, 0.29) is 0 Å². The van der Waals surface area contributed by atoms with Gasteiger partial charge in [-0.05, 0) is 37.9 Å². The van der Waals surface area contributed by atoms with Crippen LogP contribution < -0.4 is 5.32 Å². The number of rotatable bonds is 2. The van der Waals surface area contributed by atoms with Crippen molar-refractivity contribution in [3.05, 3.63) is 0 Å². The Kier molecular flexibility index (Phi) is 3.23. The van der Waals surface area contributed by atoms with E-state index in [1.165, 1.54) is 12.8 Å². The molecule has 0 bridgehead atoms. The Morgan fingerprint density at radius 3 is 2.43 bits per heavy atom. The van der Waals surface area contributed by atoms with E-state index in [1.807, 2.05) is 0 Å². The van der Waals surface area contributed by atoms with Gasteiger partial charge in [0.25, 0.3) is 0 Å². The molecular weight excluding hydrogens is 196 g/mol. The van der Waals surface area contributed by atoms with E-state index in [9.17, 15) is 0 Å². The van der Waals surface area contributed by atoms with Crippen molar-refractivity contribution in [2.45, 2.75) is 37.8 Å². The first-order valence-corrected chi connectivity index (χ1v) is 5.78. The molecule has 2 fully saturated rings. The van der Waals surface area contributed by atoms with Crippen molar-refractivity contribution in [3.8, 4) is 0 Å². The predicted octanol–water partition coefficient (Wildman–Crippen LogP) is 1.13. The molecule has 0 aromatic rings. The van der Waals surface area contributed by atoms with Crippen LogP contribution in [0.2, 0.25) is 0 Å². The van der Waals surface area contributed by atoms with Gasteiger partial charge in [-0.1, -0.05) is 0 Å². The Morgan fingerprint density at radius 1 is 1.29 bits per heavy atom.